The predicted octanol–water partition coefficient (Wildman–Crippen LogP) is 6.88. The Morgan fingerprint density at radius 2 is 1.52 bits per heavy atom. The molecule has 3 aromatic rings. The lowest BCUT2D eigenvalue weighted by molar-refractivity contribution is -0.0334. The summed E-state index contributed by atoms with van der Waals surface area (Å²) in [6.07, 6.45) is 0.707. The molecule has 0 aliphatic heterocycles. The van der Waals surface area contributed by atoms with Gasteiger partial charge in [-0.2, -0.15) is 0 Å². The van der Waals surface area contributed by atoms with Gasteiger partial charge in [-0.15, -0.1) is 0 Å². The molecule has 0 fully saturated rings. The number of nitrogens with zero attached hydrogens (tertiary/aromatic N) is 1. The fourth-order valence-electron chi connectivity index (χ4n) is 4.62. The maximum Gasteiger partial charge on any atom is 0.335 e. The summed E-state index contributed by atoms with van der Waals surface area (Å²) in [6.45, 7) is 11.4. The molecule has 0 aliphatic carbocycles. The highest BCUT2D eigenvalue weighted by molar-refractivity contribution is 5.87. The molecule has 1 N–H and O–H groups in total. The van der Waals surface area contributed by atoms with E-state index in [1.165, 1.54) is 0 Å². The molecule has 1 atom stereocenters. The van der Waals surface area contributed by atoms with Crippen LogP contribution in [0.25, 0.3) is 0 Å². The fraction of sp³-hybridized carbons (Fsp3) is 0.345. The van der Waals surface area contributed by atoms with E-state index in [4.69, 9.17) is 4.74 Å². The van der Waals surface area contributed by atoms with E-state index in [1.54, 1.807) is 12.1 Å². The van der Waals surface area contributed by atoms with Crippen LogP contribution in [0.15, 0.2) is 78.9 Å². The van der Waals surface area contributed by atoms with Crippen LogP contribution in [-0.2, 0) is 16.9 Å². The summed E-state index contributed by atoms with van der Waals surface area (Å²) in [5.74, 6) is -0.930. The third kappa shape index (κ3) is 5.45. The highest BCUT2D eigenvalue weighted by Gasteiger charge is 2.34. The first-order chi connectivity index (χ1) is 15.8. The summed E-state index contributed by atoms with van der Waals surface area (Å²) in [6, 6.07) is 26.5. The number of benzene rings is 3. The van der Waals surface area contributed by atoms with Crippen LogP contribution in [0.3, 0.4) is 0 Å². The quantitative estimate of drug-likeness (QED) is 0.370. The summed E-state index contributed by atoms with van der Waals surface area (Å²) in [5.41, 5.74) is 3.82. The van der Waals surface area contributed by atoms with Crippen LogP contribution in [0.4, 0.5) is 5.69 Å². The van der Waals surface area contributed by atoms with Gasteiger partial charge in [-0.1, -0.05) is 61.5 Å². The Labute approximate surface area is 197 Å². The molecule has 0 bridgehead atoms. The molecule has 0 aromatic heterocycles. The Kier molecular flexibility index (Phi) is 7.93. The number of carboxylic acid groups (broad SMARTS) is 1. The molecule has 174 valence electrons. The van der Waals surface area contributed by atoms with E-state index >= 15 is 0 Å². The zero-order chi connectivity index (χ0) is 24.0. The van der Waals surface area contributed by atoms with E-state index in [0.29, 0.717) is 25.1 Å². The largest absolute Gasteiger partial charge is 0.478 e. The zero-order valence-corrected chi connectivity index (χ0v) is 20.3. The van der Waals surface area contributed by atoms with Crippen molar-refractivity contribution in [1.82, 2.24) is 0 Å². The third-order valence-electron chi connectivity index (χ3n) is 6.15. The van der Waals surface area contributed by atoms with Crippen LogP contribution in [0.5, 0.6) is 0 Å². The molecular weight excluding hydrogens is 410 g/mol. The number of aromatic carboxylic acids is 1. The molecule has 0 amide bonds. The van der Waals surface area contributed by atoms with E-state index in [1.807, 2.05) is 30.3 Å². The number of hydrogen-bond acceptors (Lipinski definition) is 3. The molecule has 4 heteroatoms. The van der Waals surface area contributed by atoms with E-state index in [0.717, 1.165) is 22.4 Å². The highest BCUT2D eigenvalue weighted by atomic mass is 16.5. The summed E-state index contributed by atoms with van der Waals surface area (Å²) in [7, 11) is 0. The van der Waals surface area contributed by atoms with Gasteiger partial charge in [0.05, 0.1) is 12.2 Å². The lowest BCUT2D eigenvalue weighted by Crippen LogP contribution is -2.37. The van der Waals surface area contributed by atoms with Crippen LogP contribution < -0.4 is 4.90 Å². The van der Waals surface area contributed by atoms with Gasteiger partial charge in [0.1, 0.15) is 5.60 Å². The molecule has 3 rings (SSSR count). The van der Waals surface area contributed by atoms with Crippen molar-refractivity contribution in [1.29, 1.82) is 0 Å². The summed E-state index contributed by atoms with van der Waals surface area (Å²) < 4.78 is 6.73. The molecule has 4 nitrogen and oxygen atoms in total. The molecule has 0 spiro atoms. The summed E-state index contributed by atoms with van der Waals surface area (Å²) in [5, 5.41) is 9.37. The third-order valence-corrected chi connectivity index (χ3v) is 6.15. The number of ether oxygens (including phenoxy) is 1. The summed E-state index contributed by atoms with van der Waals surface area (Å²) >= 11 is 0. The maximum atomic E-state index is 11.4. The topological polar surface area (TPSA) is 49.8 Å². The molecular formula is C29H35NO3. The minimum absolute atomic E-state index is 0.270. The van der Waals surface area contributed by atoms with E-state index in [2.05, 4.69) is 75.9 Å². The number of anilines is 1. The van der Waals surface area contributed by atoms with Crippen LogP contribution in [0.1, 0.15) is 68.1 Å². The predicted molar refractivity (Wildman–Crippen MR) is 135 cm³/mol. The molecule has 0 aliphatic rings. The Morgan fingerprint density at radius 3 is 2.06 bits per heavy atom. The Balaban J connectivity index is 2.11. The van der Waals surface area contributed by atoms with E-state index in [-0.39, 0.29) is 5.56 Å². The Hall–Kier alpha value is -3.11. The van der Waals surface area contributed by atoms with Gasteiger partial charge in [0, 0.05) is 17.8 Å². The smallest absolute Gasteiger partial charge is 0.335 e. The first kappa shape index (κ1) is 24.5. The van der Waals surface area contributed by atoms with Crippen molar-refractivity contribution in [3.8, 4) is 0 Å². The second-order valence-electron chi connectivity index (χ2n) is 8.98. The van der Waals surface area contributed by atoms with Gasteiger partial charge < -0.3 is 14.7 Å². The number of carboxylic acids is 1. The van der Waals surface area contributed by atoms with Crippen LogP contribution in [-0.4, -0.2) is 23.2 Å². The molecule has 33 heavy (non-hydrogen) atoms. The standard InChI is InChI=1S/C29H35NO3/c1-6-29(33-20-23-11-8-7-9-12-23,25-17-15-24(16-18-25)28(31)32)26-13-10-14-27(19-26)30(21(2)3)22(4)5/h7-19,21-22H,6,20H2,1-5H3,(H,31,32). The zero-order valence-electron chi connectivity index (χ0n) is 20.3. The van der Waals surface area contributed by atoms with Gasteiger partial charge in [0.2, 0.25) is 0 Å². The average molecular weight is 446 g/mol. The molecule has 0 heterocycles. The Bertz CT molecular complexity index is 1040. The lowest BCUT2D eigenvalue weighted by Gasteiger charge is -2.37. The van der Waals surface area contributed by atoms with Gasteiger partial charge in [0.15, 0.2) is 0 Å². The van der Waals surface area contributed by atoms with Crippen LogP contribution >= 0.6 is 0 Å². The van der Waals surface area contributed by atoms with Gasteiger partial charge in [-0.05, 0) is 75.1 Å². The maximum absolute atomic E-state index is 11.4. The van der Waals surface area contributed by atoms with Crippen LogP contribution in [0.2, 0.25) is 0 Å². The van der Waals surface area contributed by atoms with Crippen LogP contribution in [0, 0.1) is 0 Å². The van der Waals surface area contributed by atoms with Crippen molar-refractivity contribution in [2.75, 3.05) is 4.90 Å². The molecule has 0 saturated carbocycles. The molecule has 0 saturated heterocycles. The number of hydrogen-bond donors (Lipinski definition) is 1. The highest BCUT2D eigenvalue weighted by Crippen LogP contribution is 2.40. The monoisotopic (exact) mass is 445 g/mol. The van der Waals surface area contributed by atoms with Gasteiger partial charge in [-0.3, -0.25) is 0 Å². The minimum Gasteiger partial charge on any atom is -0.478 e. The molecule has 3 aromatic carbocycles. The first-order valence-electron chi connectivity index (χ1n) is 11.7. The van der Waals surface area contributed by atoms with Gasteiger partial charge >= 0.3 is 5.97 Å². The second-order valence-corrected chi connectivity index (χ2v) is 8.98. The lowest BCUT2D eigenvalue weighted by atomic mass is 9.83. The van der Waals surface area contributed by atoms with Crippen molar-refractivity contribution < 1.29 is 14.6 Å². The minimum atomic E-state index is -0.930. The molecule has 0 radical (unpaired) electrons. The second kappa shape index (κ2) is 10.7. The SMILES string of the molecule is CCC(OCc1ccccc1)(c1ccc(C(=O)O)cc1)c1cccc(N(C(C)C)C(C)C)c1. The molecule has 1 unspecified atom stereocenters. The van der Waals surface area contributed by atoms with Gasteiger partial charge in [-0.25, -0.2) is 4.79 Å². The average Bonchev–Trinajstić information content (AvgIpc) is 2.80. The first-order valence-corrected chi connectivity index (χ1v) is 11.7. The number of carbonyl (C=O) groups is 1. The van der Waals surface area contributed by atoms with Crippen molar-refractivity contribution in [3.63, 3.8) is 0 Å². The van der Waals surface area contributed by atoms with Crippen molar-refractivity contribution in [3.05, 3.63) is 101 Å². The Morgan fingerprint density at radius 1 is 0.879 bits per heavy atom. The normalized spacial score (nSPS) is 13.2. The van der Waals surface area contributed by atoms with Crippen molar-refractivity contribution >= 4 is 11.7 Å². The summed E-state index contributed by atoms with van der Waals surface area (Å²) in [4.78, 5) is 13.8. The fourth-order valence-corrected chi connectivity index (χ4v) is 4.62. The van der Waals surface area contributed by atoms with Crippen molar-refractivity contribution in [2.45, 2.75) is 65.3 Å². The number of rotatable bonds is 10. The van der Waals surface area contributed by atoms with E-state index < -0.39 is 11.6 Å². The van der Waals surface area contributed by atoms with E-state index in [9.17, 15) is 9.90 Å². The van der Waals surface area contributed by atoms with Gasteiger partial charge in [0.25, 0.3) is 0 Å². The van der Waals surface area contributed by atoms with Crippen molar-refractivity contribution in [2.24, 2.45) is 0 Å².